The molecule has 1 aliphatic heterocycles. The number of aromatic amines is 1. The second-order valence-corrected chi connectivity index (χ2v) is 9.24. The molecular weight excluding hydrogens is 434 g/mol. The number of carbonyl (C=O) groups excluding carboxylic acids is 1. The first-order valence-electron chi connectivity index (χ1n) is 9.43. The Morgan fingerprint density at radius 3 is 2.55 bits per heavy atom. The number of amides is 1. The molecule has 4 aromatic rings. The van der Waals surface area contributed by atoms with E-state index in [0.717, 1.165) is 27.7 Å². The fraction of sp³-hybridized carbons (Fsp3) is 0. The molecule has 1 aliphatic rings. The van der Waals surface area contributed by atoms with Gasteiger partial charge in [-0.1, -0.05) is 29.8 Å². The van der Waals surface area contributed by atoms with Gasteiger partial charge in [-0.05, 0) is 54.6 Å². The first-order valence-corrected chi connectivity index (χ1v) is 11.3. The number of anilines is 2. The molecule has 0 radical (unpaired) electrons. The number of hydrogen-bond donors (Lipinski definition) is 3. The number of rotatable bonds is 4. The van der Waals surface area contributed by atoms with Gasteiger partial charge in [0.05, 0.1) is 4.90 Å². The minimum absolute atomic E-state index is 0.118. The molecule has 2 heterocycles. The number of halogens is 1. The molecule has 1 amide bonds. The Hall–Kier alpha value is -3.55. The number of H-pyrrole nitrogens is 1. The average molecular weight is 450 g/mol. The Morgan fingerprint density at radius 2 is 1.74 bits per heavy atom. The van der Waals surface area contributed by atoms with E-state index in [9.17, 15) is 13.2 Å². The average Bonchev–Trinajstić information content (AvgIpc) is 3.29. The van der Waals surface area contributed by atoms with Crippen molar-refractivity contribution in [3.8, 4) is 0 Å². The summed E-state index contributed by atoms with van der Waals surface area (Å²) in [5, 5.41) is 4.11. The van der Waals surface area contributed by atoms with Crippen molar-refractivity contribution in [2.75, 3.05) is 10.0 Å². The van der Waals surface area contributed by atoms with Crippen molar-refractivity contribution in [2.24, 2.45) is 0 Å². The first-order chi connectivity index (χ1) is 14.9. The molecule has 31 heavy (non-hydrogen) atoms. The number of nitrogens with one attached hydrogen (secondary N) is 3. The van der Waals surface area contributed by atoms with Crippen molar-refractivity contribution in [3.05, 3.63) is 89.1 Å². The van der Waals surface area contributed by atoms with E-state index < -0.39 is 10.0 Å². The highest BCUT2D eigenvalue weighted by Crippen LogP contribution is 2.34. The van der Waals surface area contributed by atoms with Crippen LogP contribution in [0.15, 0.2) is 77.8 Å². The van der Waals surface area contributed by atoms with Gasteiger partial charge in [0.1, 0.15) is 0 Å². The van der Waals surface area contributed by atoms with E-state index in [1.54, 1.807) is 30.5 Å². The number of benzene rings is 3. The summed E-state index contributed by atoms with van der Waals surface area (Å²) in [6.07, 6.45) is 3.60. The zero-order valence-electron chi connectivity index (χ0n) is 16.0. The highest BCUT2D eigenvalue weighted by atomic mass is 35.5. The van der Waals surface area contributed by atoms with Crippen LogP contribution in [-0.2, 0) is 14.8 Å². The van der Waals surface area contributed by atoms with Gasteiger partial charge >= 0.3 is 0 Å². The van der Waals surface area contributed by atoms with Crippen LogP contribution in [0.2, 0.25) is 5.02 Å². The van der Waals surface area contributed by atoms with Gasteiger partial charge in [0.15, 0.2) is 0 Å². The number of fused-ring (bicyclic) bond motifs is 2. The normalized spacial score (nSPS) is 14.6. The standard InChI is InChI=1S/C23H16ClN3O3S/c24-15-5-8-17(9-6-15)31(29,30)27-16-7-10-21-19(12-16)14(13-25-21)11-20-18-3-1-2-4-22(18)26-23(20)28/h1-13,25,27H,(H,26,28). The van der Waals surface area contributed by atoms with Crippen LogP contribution in [0.3, 0.4) is 0 Å². The minimum Gasteiger partial charge on any atom is -0.361 e. The maximum absolute atomic E-state index is 12.7. The molecule has 0 unspecified atom stereocenters. The predicted molar refractivity (Wildman–Crippen MR) is 124 cm³/mol. The summed E-state index contributed by atoms with van der Waals surface area (Å²) in [6.45, 7) is 0. The second kappa shape index (κ2) is 7.30. The molecular formula is C23H16ClN3O3S. The molecule has 154 valence electrons. The minimum atomic E-state index is -3.76. The molecule has 0 aliphatic carbocycles. The van der Waals surface area contributed by atoms with Crippen LogP contribution in [-0.4, -0.2) is 19.3 Å². The number of hydrogen-bond acceptors (Lipinski definition) is 3. The molecule has 5 rings (SSSR count). The van der Waals surface area contributed by atoms with Crippen LogP contribution in [0.4, 0.5) is 11.4 Å². The van der Waals surface area contributed by atoms with Gasteiger partial charge in [-0.2, -0.15) is 0 Å². The van der Waals surface area contributed by atoms with E-state index in [4.69, 9.17) is 11.6 Å². The van der Waals surface area contributed by atoms with Crippen LogP contribution in [0.1, 0.15) is 11.1 Å². The number of para-hydroxylation sites is 1. The van der Waals surface area contributed by atoms with Gasteiger partial charge in [0.2, 0.25) is 0 Å². The first kappa shape index (κ1) is 19.4. The number of aromatic nitrogens is 1. The van der Waals surface area contributed by atoms with E-state index in [2.05, 4.69) is 15.0 Å². The third-order valence-corrected chi connectivity index (χ3v) is 6.75. The lowest BCUT2D eigenvalue weighted by atomic mass is 10.0. The van der Waals surface area contributed by atoms with Crippen molar-refractivity contribution in [1.29, 1.82) is 0 Å². The Labute approximate surface area is 183 Å². The quantitative estimate of drug-likeness (QED) is 0.378. The highest BCUT2D eigenvalue weighted by molar-refractivity contribution is 7.92. The van der Waals surface area contributed by atoms with Crippen LogP contribution >= 0.6 is 11.6 Å². The summed E-state index contributed by atoms with van der Waals surface area (Å²) >= 11 is 5.85. The van der Waals surface area contributed by atoms with Crippen LogP contribution in [0.25, 0.3) is 22.6 Å². The molecule has 1 aromatic heterocycles. The van der Waals surface area contributed by atoms with E-state index in [1.807, 2.05) is 24.3 Å². The predicted octanol–water partition coefficient (Wildman–Crippen LogP) is 5.11. The van der Waals surface area contributed by atoms with Gasteiger partial charge in [-0.15, -0.1) is 0 Å². The largest absolute Gasteiger partial charge is 0.361 e. The SMILES string of the molecule is O=C1Nc2ccccc2C1=Cc1c[nH]c2ccc(NS(=O)(=O)c3ccc(Cl)cc3)cc12. The lowest BCUT2D eigenvalue weighted by molar-refractivity contribution is -0.110. The summed E-state index contributed by atoms with van der Waals surface area (Å²) in [5.74, 6) is -0.171. The highest BCUT2D eigenvalue weighted by Gasteiger charge is 2.23. The fourth-order valence-electron chi connectivity index (χ4n) is 3.59. The Morgan fingerprint density at radius 1 is 0.968 bits per heavy atom. The Kier molecular flexibility index (Phi) is 4.57. The lowest BCUT2D eigenvalue weighted by Gasteiger charge is -2.08. The van der Waals surface area contributed by atoms with Gasteiger partial charge in [0, 0.05) is 50.2 Å². The van der Waals surface area contributed by atoms with Gasteiger partial charge in [0.25, 0.3) is 15.9 Å². The summed E-state index contributed by atoms with van der Waals surface area (Å²) in [4.78, 5) is 15.7. The van der Waals surface area contributed by atoms with Gasteiger partial charge in [-0.3, -0.25) is 9.52 Å². The van der Waals surface area contributed by atoms with E-state index >= 15 is 0 Å². The van der Waals surface area contributed by atoms with Crippen LogP contribution < -0.4 is 10.0 Å². The zero-order chi connectivity index (χ0) is 21.6. The molecule has 8 heteroatoms. The second-order valence-electron chi connectivity index (χ2n) is 7.12. The monoisotopic (exact) mass is 449 g/mol. The Bertz CT molecular complexity index is 1470. The third-order valence-electron chi connectivity index (χ3n) is 5.10. The van der Waals surface area contributed by atoms with Crippen molar-refractivity contribution < 1.29 is 13.2 Å². The topological polar surface area (TPSA) is 91.1 Å². The molecule has 3 N–H and O–H groups in total. The number of carbonyl (C=O) groups is 1. The van der Waals surface area contributed by atoms with E-state index in [1.165, 1.54) is 24.3 Å². The molecule has 0 atom stereocenters. The zero-order valence-corrected chi connectivity index (χ0v) is 17.6. The molecule has 3 aromatic carbocycles. The molecule has 0 fully saturated rings. The van der Waals surface area contributed by atoms with Crippen molar-refractivity contribution in [1.82, 2.24) is 4.98 Å². The Balaban J connectivity index is 1.52. The van der Waals surface area contributed by atoms with Crippen LogP contribution in [0.5, 0.6) is 0 Å². The van der Waals surface area contributed by atoms with Crippen LogP contribution in [0, 0.1) is 0 Å². The van der Waals surface area contributed by atoms with E-state index in [0.29, 0.717) is 16.3 Å². The van der Waals surface area contributed by atoms with Crippen molar-refractivity contribution in [2.45, 2.75) is 4.90 Å². The summed E-state index contributed by atoms with van der Waals surface area (Å²) in [7, 11) is -3.76. The maximum atomic E-state index is 12.7. The number of sulfonamides is 1. The van der Waals surface area contributed by atoms with Crippen molar-refractivity contribution in [3.63, 3.8) is 0 Å². The summed E-state index contributed by atoms with van der Waals surface area (Å²) in [6, 6.07) is 18.7. The van der Waals surface area contributed by atoms with Gasteiger partial charge < -0.3 is 10.3 Å². The lowest BCUT2D eigenvalue weighted by Crippen LogP contribution is -2.12. The molecule has 0 saturated heterocycles. The smallest absolute Gasteiger partial charge is 0.261 e. The fourth-order valence-corrected chi connectivity index (χ4v) is 4.77. The van der Waals surface area contributed by atoms with E-state index in [-0.39, 0.29) is 10.8 Å². The molecule has 0 bridgehead atoms. The van der Waals surface area contributed by atoms with Gasteiger partial charge in [-0.25, -0.2) is 8.42 Å². The third kappa shape index (κ3) is 3.58. The summed E-state index contributed by atoms with van der Waals surface area (Å²) in [5.41, 5.74) is 4.19. The molecule has 0 spiro atoms. The molecule has 6 nitrogen and oxygen atoms in total. The molecule has 0 saturated carbocycles. The van der Waals surface area contributed by atoms with Crippen molar-refractivity contribution >= 4 is 61.5 Å². The maximum Gasteiger partial charge on any atom is 0.261 e. The summed E-state index contributed by atoms with van der Waals surface area (Å²) < 4.78 is 28.0.